The number of rotatable bonds is 3. The van der Waals surface area contributed by atoms with Crippen LogP contribution >= 0.6 is 0 Å². The van der Waals surface area contributed by atoms with Crippen molar-refractivity contribution in [3.05, 3.63) is 42.2 Å². The van der Waals surface area contributed by atoms with Gasteiger partial charge in [0.2, 0.25) is 0 Å². The highest BCUT2D eigenvalue weighted by Gasteiger charge is 2.15. The zero-order chi connectivity index (χ0) is 10.7. The minimum atomic E-state index is 0.0560. The van der Waals surface area contributed by atoms with E-state index in [0.717, 1.165) is 11.4 Å². The minimum absolute atomic E-state index is 0.0560. The highest BCUT2D eigenvalue weighted by molar-refractivity contribution is 5.20. The Balaban J connectivity index is 2.37. The van der Waals surface area contributed by atoms with Crippen molar-refractivity contribution in [3.63, 3.8) is 0 Å². The smallest absolute Gasteiger partial charge is 0.130 e. The summed E-state index contributed by atoms with van der Waals surface area (Å²) in [6.07, 6.45) is 7.14. The molecule has 0 aliphatic carbocycles. The van der Waals surface area contributed by atoms with Crippen LogP contribution < -0.4 is 5.32 Å². The lowest BCUT2D eigenvalue weighted by atomic mass is 10.1. The van der Waals surface area contributed by atoms with E-state index in [1.807, 2.05) is 30.9 Å². The van der Waals surface area contributed by atoms with Gasteiger partial charge in [-0.1, -0.05) is 0 Å². The molecule has 0 saturated heterocycles. The minimum Gasteiger partial charge on any atom is -0.336 e. The van der Waals surface area contributed by atoms with E-state index in [9.17, 15) is 0 Å². The van der Waals surface area contributed by atoms with Crippen LogP contribution in [-0.4, -0.2) is 26.8 Å². The molecule has 1 atom stereocenters. The quantitative estimate of drug-likeness (QED) is 0.790. The lowest BCUT2D eigenvalue weighted by Crippen LogP contribution is -2.21. The van der Waals surface area contributed by atoms with Crippen molar-refractivity contribution >= 4 is 0 Å². The number of nitrogens with zero attached hydrogens (tertiary/aromatic N) is 4. The summed E-state index contributed by atoms with van der Waals surface area (Å²) in [5, 5.41) is 10.8. The molecule has 78 valence electrons. The molecule has 0 fully saturated rings. The van der Waals surface area contributed by atoms with Gasteiger partial charge in [0.15, 0.2) is 0 Å². The first kappa shape index (κ1) is 9.79. The molecule has 1 unspecified atom stereocenters. The maximum absolute atomic E-state index is 4.32. The van der Waals surface area contributed by atoms with E-state index in [1.165, 1.54) is 0 Å². The molecule has 1 N–H and O–H groups in total. The van der Waals surface area contributed by atoms with Gasteiger partial charge in [0.25, 0.3) is 0 Å². The molecular formula is C10H13N5. The van der Waals surface area contributed by atoms with E-state index >= 15 is 0 Å². The van der Waals surface area contributed by atoms with Gasteiger partial charge in [-0.2, -0.15) is 10.2 Å². The third-order valence-corrected chi connectivity index (χ3v) is 2.35. The van der Waals surface area contributed by atoms with Crippen molar-refractivity contribution in [1.82, 2.24) is 25.1 Å². The summed E-state index contributed by atoms with van der Waals surface area (Å²) < 4.78 is 1.99. The molecule has 0 aliphatic heterocycles. The summed E-state index contributed by atoms with van der Waals surface area (Å²) in [5.74, 6) is 0.963. The fourth-order valence-electron chi connectivity index (χ4n) is 1.57. The zero-order valence-electron chi connectivity index (χ0n) is 8.75. The normalized spacial score (nSPS) is 12.7. The number of aromatic nitrogens is 4. The summed E-state index contributed by atoms with van der Waals surface area (Å²) in [4.78, 5) is 4.32. The Morgan fingerprint density at radius 2 is 2.20 bits per heavy atom. The zero-order valence-corrected chi connectivity index (χ0v) is 8.75. The van der Waals surface area contributed by atoms with Crippen LogP contribution in [0.1, 0.15) is 17.4 Å². The second-order valence-corrected chi connectivity index (χ2v) is 3.29. The first-order valence-electron chi connectivity index (χ1n) is 4.74. The molecule has 0 spiro atoms. The Morgan fingerprint density at radius 3 is 2.73 bits per heavy atom. The SMILES string of the molecule is CNC(c1ccnnc1)c1nccn1C. The van der Waals surface area contributed by atoms with Crippen LogP contribution in [0.3, 0.4) is 0 Å². The lowest BCUT2D eigenvalue weighted by Gasteiger charge is -2.15. The Labute approximate surface area is 88.2 Å². The Morgan fingerprint density at radius 1 is 1.33 bits per heavy atom. The molecule has 0 saturated carbocycles. The number of hydrogen-bond donors (Lipinski definition) is 1. The maximum Gasteiger partial charge on any atom is 0.130 e. The van der Waals surface area contributed by atoms with Crippen molar-refractivity contribution in [2.45, 2.75) is 6.04 Å². The lowest BCUT2D eigenvalue weighted by molar-refractivity contribution is 0.613. The molecule has 0 bridgehead atoms. The summed E-state index contributed by atoms with van der Waals surface area (Å²) >= 11 is 0. The van der Waals surface area contributed by atoms with Crippen molar-refractivity contribution < 1.29 is 0 Å². The van der Waals surface area contributed by atoms with E-state index in [-0.39, 0.29) is 6.04 Å². The van der Waals surface area contributed by atoms with Crippen LogP contribution in [0, 0.1) is 0 Å². The van der Waals surface area contributed by atoms with Gasteiger partial charge in [0, 0.05) is 25.6 Å². The maximum atomic E-state index is 4.32. The molecule has 2 rings (SSSR count). The second kappa shape index (κ2) is 4.18. The summed E-state index contributed by atoms with van der Waals surface area (Å²) in [5.41, 5.74) is 1.06. The number of imidazole rings is 1. The summed E-state index contributed by atoms with van der Waals surface area (Å²) in [6.45, 7) is 0. The monoisotopic (exact) mass is 203 g/mol. The van der Waals surface area contributed by atoms with Gasteiger partial charge in [0.1, 0.15) is 5.82 Å². The van der Waals surface area contributed by atoms with E-state index in [2.05, 4.69) is 20.5 Å². The van der Waals surface area contributed by atoms with Crippen LogP contribution in [0.25, 0.3) is 0 Å². The van der Waals surface area contributed by atoms with Crippen molar-refractivity contribution in [3.8, 4) is 0 Å². The molecule has 2 heterocycles. The van der Waals surface area contributed by atoms with Gasteiger partial charge in [0.05, 0.1) is 12.2 Å². The highest BCUT2D eigenvalue weighted by Crippen LogP contribution is 2.17. The molecular weight excluding hydrogens is 190 g/mol. The molecule has 0 aliphatic rings. The van der Waals surface area contributed by atoms with Crippen LogP contribution in [0.2, 0.25) is 0 Å². The fraction of sp³-hybridized carbons (Fsp3) is 0.300. The fourth-order valence-corrected chi connectivity index (χ4v) is 1.57. The molecule has 0 amide bonds. The predicted octanol–water partition coefficient (Wildman–Crippen LogP) is 0.519. The van der Waals surface area contributed by atoms with Gasteiger partial charge < -0.3 is 9.88 Å². The number of nitrogens with one attached hydrogen (secondary N) is 1. The predicted molar refractivity (Wildman–Crippen MR) is 56.1 cm³/mol. The van der Waals surface area contributed by atoms with E-state index in [4.69, 9.17) is 0 Å². The Hall–Kier alpha value is -1.75. The molecule has 0 aromatic carbocycles. The van der Waals surface area contributed by atoms with Gasteiger partial charge in [-0.15, -0.1) is 0 Å². The Bertz CT molecular complexity index is 422. The molecule has 2 aromatic heterocycles. The molecule has 15 heavy (non-hydrogen) atoms. The summed E-state index contributed by atoms with van der Waals surface area (Å²) in [6, 6.07) is 1.99. The van der Waals surface area contributed by atoms with Gasteiger partial charge in [-0.25, -0.2) is 4.98 Å². The average molecular weight is 203 g/mol. The number of hydrogen-bond acceptors (Lipinski definition) is 4. The Kier molecular flexibility index (Phi) is 2.73. The van der Waals surface area contributed by atoms with Crippen LogP contribution in [-0.2, 0) is 7.05 Å². The molecule has 0 radical (unpaired) electrons. The first-order valence-corrected chi connectivity index (χ1v) is 4.74. The topological polar surface area (TPSA) is 55.6 Å². The first-order chi connectivity index (χ1) is 7.33. The third-order valence-electron chi connectivity index (χ3n) is 2.35. The molecule has 5 heteroatoms. The van der Waals surface area contributed by atoms with Crippen molar-refractivity contribution in [2.24, 2.45) is 7.05 Å². The second-order valence-electron chi connectivity index (χ2n) is 3.29. The van der Waals surface area contributed by atoms with Gasteiger partial charge >= 0.3 is 0 Å². The largest absolute Gasteiger partial charge is 0.336 e. The van der Waals surface area contributed by atoms with Gasteiger partial charge in [-0.3, -0.25) is 0 Å². The van der Waals surface area contributed by atoms with E-state index < -0.39 is 0 Å². The average Bonchev–Trinajstić information content (AvgIpc) is 2.68. The van der Waals surface area contributed by atoms with Crippen molar-refractivity contribution in [2.75, 3.05) is 7.05 Å². The highest BCUT2D eigenvalue weighted by atomic mass is 15.1. The summed E-state index contributed by atoms with van der Waals surface area (Å²) in [7, 11) is 3.88. The standard InChI is InChI=1S/C10H13N5/c1-11-9(8-3-4-13-14-7-8)10-12-5-6-15(10)2/h3-7,9,11H,1-2H3. The van der Waals surface area contributed by atoms with Crippen molar-refractivity contribution in [1.29, 1.82) is 0 Å². The molecule has 5 nitrogen and oxygen atoms in total. The van der Waals surface area contributed by atoms with E-state index in [0.29, 0.717) is 0 Å². The van der Waals surface area contributed by atoms with Crippen LogP contribution in [0.15, 0.2) is 30.9 Å². The third kappa shape index (κ3) is 1.87. The number of aryl methyl sites for hydroxylation is 1. The van der Waals surface area contributed by atoms with Crippen LogP contribution in [0.4, 0.5) is 0 Å². The van der Waals surface area contributed by atoms with Crippen LogP contribution in [0.5, 0.6) is 0 Å². The molecule has 2 aromatic rings. The van der Waals surface area contributed by atoms with Gasteiger partial charge in [-0.05, 0) is 18.7 Å². The van der Waals surface area contributed by atoms with E-state index in [1.54, 1.807) is 18.6 Å².